The van der Waals surface area contributed by atoms with Gasteiger partial charge < -0.3 is 50.5 Å². The summed E-state index contributed by atoms with van der Waals surface area (Å²) in [5.41, 5.74) is 11.1. The number of rotatable bonds is 11. The Labute approximate surface area is 243 Å². The van der Waals surface area contributed by atoms with Crippen molar-refractivity contribution in [1.82, 2.24) is 19.5 Å². The molecule has 44 heavy (non-hydrogen) atoms. The third kappa shape index (κ3) is 5.92. The second-order valence-electron chi connectivity index (χ2n) is 8.53. The van der Waals surface area contributed by atoms with Crippen molar-refractivity contribution >= 4 is 38.5 Å². The molecule has 0 saturated carbocycles. The average molecular weight is 656 g/mol. The first-order chi connectivity index (χ1) is 20.7. The minimum atomic E-state index is -5.45. The molecule has 0 radical (unpaired) electrons. The Kier molecular flexibility index (Phi) is 7.78. The standard InChI is InChI=1S/C21H19N7O14P2/c22-17-12-19(25-7-24-17)28(8-26-12)21-16(32)14(30)11(41-21)6-39-44(36,37)42-43(34,35)38-5-10-13(29)15(31)20(40-10)27-3-1-2-9(4-27)18(23)33/h1-4,7-8H,5-6H2,(H9-,22,23,24,25,29,30,31,32,33,34,35,36,37)/p+1. The van der Waals surface area contributed by atoms with Crippen molar-refractivity contribution in [2.24, 2.45) is 5.73 Å². The zero-order valence-electron chi connectivity index (χ0n) is 21.6. The van der Waals surface area contributed by atoms with Gasteiger partial charge >= 0.3 is 21.5 Å². The number of anilines is 1. The van der Waals surface area contributed by atoms with Crippen molar-refractivity contribution in [1.29, 1.82) is 0 Å². The quantitative estimate of drug-likeness (QED) is 0.0717. The van der Waals surface area contributed by atoms with Gasteiger partial charge in [0.1, 0.15) is 31.4 Å². The summed E-state index contributed by atoms with van der Waals surface area (Å²) >= 11 is 0. The van der Waals surface area contributed by atoms with Gasteiger partial charge in [0.05, 0.1) is 0 Å². The van der Waals surface area contributed by atoms with Crippen LogP contribution in [-0.2, 0) is 35.7 Å². The lowest BCUT2D eigenvalue weighted by Gasteiger charge is -2.15. The normalized spacial score (nSPS) is 14.4. The highest BCUT2D eigenvalue weighted by molar-refractivity contribution is 7.61. The van der Waals surface area contributed by atoms with Crippen LogP contribution in [0, 0.1) is 0 Å². The molecule has 2 atom stereocenters. The highest BCUT2D eigenvalue weighted by atomic mass is 31.3. The largest absolute Gasteiger partial charge is 0.502 e. The number of nitrogens with two attached hydrogens (primary N) is 2. The van der Waals surface area contributed by atoms with Crippen molar-refractivity contribution in [3.05, 3.63) is 54.3 Å². The Morgan fingerprint density at radius 1 is 0.955 bits per heavy atom. The molecule has 5 aromatic rings. The van der Waals surface area contributed by atoms with E-state index in [0.717, 1.165) is 28.0 Å². The number of phosphoric ester groups is 2. The second-order valence-corrected chi connectivity index (χ2v) is 11.6. The van der Waals surface area contributed by atoms with Gasteiger partial charge in [-0.25, -0.2) is 28.6 Å². The van der Waals surface area contributed by atoms with Crippen LogP contribution in [0.4, 0.5) is 5.82 Å². The lowest BCUT2D eigenvalue weighted by Crippen LogP contribution is -2.31. The molecule has 0 bridgehead atoms. The van der Waals surface area contributed by atoms with E-state index in [4.69, 9.17) is 20.3 Å². The van der Waals surface area contributed by atoms with E-state index < -0.39 is 81.1 Å². The van der Waals surface area contributed by atoms with Gasteiger partial charge in [-0.3, -0.25) is 13.8 Å². The lowest BCUT2D eigenvalue weighted by molar-refractivity contribution is -0.610. The van der Waals surface area contributed by atoms with E-state index >= 15 is 0 Å². The predicted molar refractivity (Wildman–Crippen MR) is 139 cm³/mol. The number of nitrogens with zero attached hydrogens (tertiary/aromatic N) is 5. The zero-order chi connectivity index (χ0) is 32.0. The van der Waals surface area contributed by atoms with E-state index in [1.165, 1.54) is 18.3 Å². The number of hydrogen-bond acceptors (Lipinski definition) is 16. The van der Waals surface area contributed by atoms with Crippen LogP contribution >= 0.6 is 15.6 Å². The Hall–Kier alpha value is -5.01. The minimum absolute atomic E-state index is 0.00923. The second kappa shape index (κ2) is 11.2. The number of amides is 1. The summed E-state index contributed by atoms with van der Waals surface area (Å²) in [5.74, 6) is -6.45. The summed E-state index contributed by atoms with van der Waals surface area (Å²) in [4.78, 5) is 43.0. The number of carbonyl (C=O) groups excluding carboxylic acids is 1. The Bertz CT molecular complexity index is 2000. The van der Waals surface area contributed by atoms with Crippen LogP contribution in [0.15, 0.2) is 46.0 Å². The molecule has 0 saturated heterocycles. The van der Waals surface area contributed by atoms with Crippen LogP contribution in [0.3, 0.4) is 0 Å². The first-order valence-electron chi connectivity index (χ1n) is 11.7. The van der Waals surface area contributed by atoms with E-state index in [1.807, 2.05) is 0 Å². The van der Waals surface area contributed by atoms with Crippen LogP contribution in [0.2, 0.25) is 0 Å². The number of aromatic nitrogens is 5. The molecule has 232 valence electrons. The highest BCUT2D eigenvalue weighted by Crippen LogP contribution is 2.61. The first kappa shape index (κ1) is 30.4. The number of imidazole rings is 1. The molecule has 5 heterocycles. The molecule has 0 aliphatic carbocycles. The summed E-state index contributed by atoms with van der Waals surface area (Å²) in [6, 6.07) is 2.74. The number of fused-ring (bicyclic) bond motifs is 1. The van der Waals surface area contributed by atoms with E-state index in [9.17, 15) is 44.1 Å². The van der Waals surface area contributed by atoms with Crippen molar-refractivity contribution in [3.63, 3.8) is 0 Å². The van der Waals surface area contributed by atoms with Gasteiger partial charge in [0.25, 0.3) is 17.5 Å². The number of primary amides is 1. The van der Waals surface area contributed by atoms with Gasteiger partial charge in [-0.15, -0.1) is 4.57 Å². The van der Waals surface area contributed by atoms with Crippen LogP contribution in [0.1, 0.15) is 21.9 Å². The SMILES string of the molecule is NC(=O)c1ccc[n+](-c2oc(COP(=O)(O)OP(=O)(O)OCc3oc(-n4cnc5c(N)ncnc54)c(O)c3O)c(O)c2O)c1. The lowest BCUT2D eigenvalue weighted by atomic mass is 10.3. The molecular formula is C21H20N7O14P2+. The Balaban J connectivity index is 1.26. The van der Waals surface area contributed by atoms with Crippen molar-refractivity contribution in [2.45, 2.75) is 13.2 Å². The molecular weight excluding hydrogens is 636 g/mol. The fraction of sp³-hybridized carbons (Fsp3) is 0.0952. The zero-order valence-corrected chi connectivity index (χ0v) is 23.4. The van der Waals surface area contributed by atoms with Crippen LogP contribution in [0.5, 0.6) is 23.0 Å². The highest BCUT2D eigenvalue weighted by Gasteiger charge is 2.38. The van der Waals surface area contributed by atoms with E-state index in [1.54, 1.807) is 0 Å². The number of aromatic hydroxyl groups is 4. The van der Waals surface area contributed by atoms with Crippen LogP contribution in [0.25, 0.3) is 22.9 Å². The Morgan fingerprint density at radius 3 is 2.25 bits per heavy atom. The molecule has 10 N–H and O–H groups in total. The molecule has 0 spiro atoms. The van der Waals surface area contributed by atoms with Gasteiger partial charge in [-0.2, -0.15) is 4.31 Å². The maximum absolute atomic E-state index is 12.4. The van der Waals surface area contributed by atoms with Crippen molar-refractivity contribution in [3.8, 4) is 34.8 Å². The first-order valence-corrected chi connectivity index (χ1v) is 14.6. The van der Waals surface area contributed by atoms with Crippen LogP contribution in [-0.4, -0.2) is 55.6 Å². The molecule has 23 heteroatoms. The summed E-state index contributed by atoms with van der Waals surface area (Å²) < 4.78 is 50.8. The number of furan rings is 2. The predicted octanol–water partition coefficient (Wildman–Crippen LogP) is 0.732. The number of pyridine rings is 1. The topological polar surface area (TPSA) is 326 Å². The molecule has 0 aliphatic heterocycles. The monoisotopic (exact) mass is 656 g/mol. The summed E-state index contributed by atoms with van der Waals surface area (Å²) in [7, 11) is -10.9. The maximum Gasteiger partial charge on any atom is 0.481 e. The number of hydrogen-bond donors (Lipinski definition) is 8. The third-order valence-electron chi connectivity index (χ3n) is 5.65. The summed E-state index contributed by atoms with van der Waals surface area (Å²) in [6.07, 6.45) is 4.71. The van der Waals surface area contributed by atoms with E-state index in [2.05, 4.69) is 28.3 Å². The van der Waals surface area contributed by atoms with Gasteiger partial charge in [0.15, 0.2) is 40.9 Å². The fourth-order valence-electron chi connectivity index (χ4n) is 3.63. The summed E-state index contributed by atoms with van der Waals surface area (Å²) in [6.45, 7) is -2.15. The van der Waals surface area contributed by atoms with Crippen molar-refractivity contribution < 1.29 is 70.9 Å². The van der Waals surface area contributed by atoms with E-state index in [-0.39, 0.29) is 22.5 Å². The molecule has 0 fully saturated rings. The van der Waals surface area contributed by atoms with Crippen molar-refractivity contribution in [2.75, 3.05) is 5.73 Å². The van der Waals surface area contributed by atoms with Gasteiger partial charge in [0.2, 0.25) is 17.2 Å². The minimum Gasteiger partial charge on any atom is -0.502 e. The number of phosphoric acid groups is 2. The van der Waals surface area contributed by atoms with Crippen LogP contribution < -0.4 is 16.0 Å². The molecule has 0 aromatic carbocycles. The molecule has 2 unspecified atom stereocenters. The molecule has 5 aromatic heterocycles. The molecule has 5 rings (SSSR count). The Morgan fingerprint density at radius 2 is 1.59 bits per heavy atom. The number of carbonyl (C=O) groups is 1. The summed E-state index contributed by atoms with van der Waals surface area (Å²) in [5, 5.41) is 40.9. The average Bonchev–Trinajstić information content (AvgIpc) is 3.61. The third-order valence-corrected chi connectivity index (χ3v) is 8.21. The molecule has 1 amide bonds. The number of nitrogen functional groups attached to an aromatic ring is 1. The van der Waals surface area contributed by atoms with Gasteiger partial charge in [-0.05, 0) is 6.07 Å². The fourth-order valence-corrected chi connectivity index (χ4v) is 5.62. The smallest absolute Gasteiger partial charge is 0.481 e. The molecule has 0 aliphatic rings. The maximum atomic E-state index is 12.4. The van der Waals surface area contributed by atoms with Gasteiger partial charge in [0, 0.05) is 6.07 Å². The molecule has 21 nitrogen and oxygen atoms in total. The van der Waals surface area contributed by atoms with Gasteiger partial charge in [-0.1, -0.05) is 0 Å². The van der Waals surface area contributed by atoms with E-state index in [0.29, 0.717) is 0 Å².